The third-order valence-electron chi connectivity index (χ3n) is 6.88. The van der Waals surface area contributed by atoms with Crippen LogP contribution >= 0.6 is 0 Å². The fourth-order valence-electron chi connectivity index (χ4n) is 5.43. The molecule has 1 unspecified atom stereocenters. The number of nitrogens with one attached hydrogen (secondary N) is 1. The summed E-state index contributed by atoms with van der Waals surface area (Å²) < 4.78 is 32.9. The van der Waals surface area contributed by atoms with Crippen molar-refractivity contribution in [3.05, 3.63) is 65.9 Å². The molecule has 1 aliphatic rings. The standard InChI is InChI=1S/C29H37N3O5S/c1-21-15-22(25-7-5-6-8-26(25)30-21)17-37-23-9-11-24(12-10-23)38(35,36)20-29(16-27(33)31-34)13-14-32(19-29)18-28(2,3)4/h5-12,15,34H,13-14,16-20H2,1-4H3,(H,31,33). The molecule has 3 aromatic rings. The summed E-state index contributed by atoms with van der Waals surface area (Å²) in [5.41, 5.74) is 3.78. The normalized spacial score (nSPS) is 18.6. The van der Waals surface area contributed by atoms with Gasteiger partial charge in [0, 0.05) is 41.6 Å². The number of ether oxygens (including phenoxy) is 1. The molecule has 8 nitrogen and oxygen atoms in total. The second kappa shape index (κ2) is 11.0. The Kier molecular flexibility index (Phi) is 8.11. The molecule has 1 atom stereocenters. The Morgan fingerprint density at radius 2 is 1.87 bits per heavy atom. The van der Waals surface area contributed by atoms with Crippen LogP contribution in [0, 0.1) is 17.8 Å². The minimum atomic E-state index is -3.69. The zero-order valence-electron chi connectivity index (χ0n) is 22.5. The molecule has 0 spiro atoms. The molecule has 1 fully saturated rings. The van der Waals surface area contributed by atoms with E-state index in [2.05, 4.69) is 30.7 Å². The lowest BCUT2D eigenvalue weighted by Crippen LogP contribution is -2.40. The van der Waals surface area contributed by atoms with Crippen molar-refractivity contribution in [2.75, 3.05) is 25.4 Å². The molecule has 0 bridgehead atoms. The molecular formula is C29H37N3O5S. The summed E-state index contributed by atoms with van der Waals surface area (Å²) in [5, 5.41) is 10.2. The van der Waals surface area contributed by atoms with Gasteiger partial charge in [0.15, 0.2) is 9.84 Å². The van der Waals surface area contributed by atoms with Crippen molar-refractivity contribution in [1.29, 1.82) is 0 Å². The molecule has 204 valence electrons. The smallest absolute Gasteiger partial charge is 0.243 e. The molecule has 0 radical (unpaired) electrons. The van der Waals surface area contributed by atoms with Crippen molar-refractivity contribution in [2.24, 2.45) is 10.8 Å². The van der Waals surface area contributed by atoms with E-state index in [0.717, 1.165) is 28.7 Å². The number of amides is 1. The zero-order valence-corrected chi connectivity index (χ0v) is 23.3. The summed E-state index contributed by atoms with van der Waals surface area (Å²) in [6.07, 6.45) is 0.514. The molecule has 1 saturated heterocycles. The van der Waals surface area contributed by atoms with Gasteiger partial charge in [-0.25, -0.2) is 13.9 Å². The lowest BCUT2D eigenvalue weighted by atomic mass is 9.85. The van der Waals surface area contributed by atoms with Gasteiger partial charge in [0.25, 0.3) is 0 Å². The van der Waals surface area contributed by atoms with Crippen molar-refractivity contribution < 1.29 is 23.2 Å². The summed E-state index contributed by atoms with van der Waals surface area (Å²) >= 11 is 0. The number of likely N-dealkylation sites (tertiary alicyclic amines) is 1. The molecule has 0 aliphatic carbocycles. The van der Waals surface area contributed by atoms with E-state index in [-0.39, 0.29) is 22.5 Å². The Bertz CT molecular complexity index is 1400. The van der Waals surface area contributed by atoms with E-state index in [9.17, 15) is 13.2 Å². The quantitative estimate of drug-likeness (QED) is 0.304. The van der Waals surface area contributed by atoms with E-state index < -0.39 is 21.2 Å². The Labute approximate surface area is 224 Å². The highest BCUT2D eigenvalue weighted by Crippen LogP contribution is 2.38. The van der Waals surface area contributed by atoms with Crippen LogP contribution in [0.5, 0.6) is 5.75 Å². The monoisotopic (exact) mass is 539 g/mol. The fourth-order valence-corrected chi connectivity index (χ4v) is 7.29. The fraction of sp³-hybridized carbons (Fsp3) is 0.448. The Morgan fingerprint density at radius 1 is 1.16 bits per heavy atom. The van der Waals surface area contributed by atoms with Gasteiger partial charge in [0.2, 0.25) is 5.91 Å². The molecule has 0 saturated carbocycles. The van der Waals surface area contributed by atoms with E-state index >= 15 is 0 Å². The molecule has 2 N–H and O–H groups in total. The molecule has 1 amide bonds. The number of aryl methyl sites for hydroxylation is 1. The van der Waals surface area contributed by atoms with Crippen molar-refractivity contribution in [3.8, 4) is 5.75 Å². The van der Waals surface area contributed by atoms with Crippen LogP contribution in [0.4, 0.5) is 0 Å². The number of rotatable bonds is 9. The number of hydrogen-bond donors (Lipinski definition) is 2. The van der Waals surface area contributed by atoms with Crippen LogP contribution in [-0.2, 0) is 21.2 Å². The number of carbonyl (C=O) groups excluding carboxylic acids is 1. The molecule has 9 heteroatoms. The van der Waals surface area contributed by atoms with E-state index in [1.807, 2.05) is 37.3 Å². The van der Waals surface area contributed by atoms with Gasteiger partial charge in [0.05, 0.1) is 16.2 Å². The largest absolute Gasteiger partial charge is 0.489 e. The number of nitrogens with zero attached hydrogens (tertiary/aromatic N) is 2. The predicted molar refractivity (Wildman–Crippen MR) is 147 cm³/mol. The number of benzene rings is 2. The zero-order chi connectivity index (χ0) is 27.6. The highest BCUT2D eigenvalue weighted by Gasteiger charge is 2.44. The van der Waals surface area contributed by atoms with Crippen molar-refractivity contribution in [2.45, 2.75) is 52.0 Å². The molecule has 38 heavy (non-hydrogen) atoms. The highest BCUT2D eigenvalue weighted by atomic mass is 32.2. The van der Waals surface area contributed by atoms with Crippen LogP contribution in [0.15, 0.2) is 59.5 Å². The molecule has 4 rings (SSSR count). The maximum atomic E-state index is 13.5. The maximum Gasteiger partial charge on any atom is 0.243 e. The number of pyridine rings is 1. The van der Waals surface area contributed by atoms with Gasteiger partial charge in [-0.2, -0.15) is 0 Å². The molecular weight excluding hydrogens is 502 g/mol. The molecule has 1 aliphatic heterocycles. The first-order chi connectivity index (χ1) is 17.9. The second-order valence-electron chi connectivity index (χ2n) is 11.7. The third-order valence-corrected chi connectivity index (χ3v) is 8.86. The third kappa shape index (κ3) is 6.89. The van der Waals surface area contributed by atoms with Gasteiger partial charge in [-0.05, 0) is 61.7 Å². The first kappa shape index (κ1) is 28.0. The van der Waals surface area contributed by atoms with Crippen LogP contribution in [0.3, 0.4) is 0 Å². The summed E-state index contributed by atoms with van der Waals surface area (Å²) in [6, 6.07) is 16.3. The number of fused-ring (bicyclic) bond motifs is 1. The lowest BCUT2D eigenvalue weighted by Gasteiger charge is -2.31. The lowest BCUT2D eigenvalue weighted by molar-refractivity contribution is -0.131. The first-order valence-corrected chi connectivity index (χ1v) is 14.5. The molecule has 1 aromatic heterocycles. The minimum absolute atomic E-state index is 0.0469. The van der Waals surface area contributed by atoms with Crippen LogP contribution in [0.2, 0.25) is 0 Å². The maximum absolute atomic E-state index is 13.5. The summed E-state index contributed by atoms with van der Waals surface area (Å²) in [7, 11) is -3.69. The summed E-state index contributed by atoms with van der Waals surface area (Å²) in [5.74, 6) is -0.175. The van der Waals surface area contributed by atoms with Crippen LogP contribution in [0.1, 0.15) is 44.9 Å². The van der Waals surface area contributed by atoms with E-state index in [4.69, 9.17) is 9.94 Å². The van der Waals surface area contributed by atoms with E-state index in [0.29, 0.717) is 31.9 Å². The van der Waals surface area contributed by atoms with E-state index in [1.54, 1.807) is 29.7 Å². The highest BCUT2D eigenvalue weighted by molar-refractivity contribution is 7.91. The number of sulfone groups is 1. The van der Waals surface area contributed by atoms with Gasteiger partial charge in [-0.15, -0.1) is 0 Å². The Morgan fingerprint density at radius 3 is 2.55 bits per heavy atom. The number of hydrogen-bond acceptors (Lipinski definition) is 7. The number of carbonyl (C=O) groups is 1. The number of aromatic nitrogens is 1. The predicted octanol–water partition coefficient (Wildman–Crippen LogP) is 4.53. The van der Waals surface area contributed by atoms with Gasteiger partial charge < -0.3 is 9.64 Å². The molecule has 2 heterocycles. The van der Waals surface area contributed by atoms with Gasteiger partial charge in [0.1, 0.15) is 12.4 Å². The van der Waals surface area contributed by atoms with Crippen LogP contribution < -0.4 is 10.2 Å². The summed E-state index contributed by atoms with van der Waals surface area (Å²) in [6.45, 7) is 10.7. The van der Waals surface area contributed by atoms with Crippen molar-refractivity contribution in [3.63, 3.8) is 0 Å². The van der Waals surface area contributed by atoms with Gasteiger partial charge in [-0.3, -0.25) is 15.0 Å². The van der Waals surface area contributed by atoms with E-state index in [1.165, 1.54) is 0 Å². The average Bonchev–Trinajstić information content (AvgIpc) is 3.21. The number of para-hydroxylation sites is 1. The Balaban J connectivity index is 1.48. The Hall–Kier alpha value is -3.01. The van der Waals surface area contributed by atoms with Crippen LogP contribution in [-0.4, -0.2) is 54.8 Å². The van der Waals surface area contributed by atoms with Crippen molar-refractivity contribution in [1.82, 2.24) is 15.4 Å². The SMILES string of the molecule is Cc1cc(COc2ccc(S(=O)(=O)CC3(CC(=O)NO)CCN(CC(C)(C)C)C3)cc2)c2ccccc2n1. The van der Waals surface area contributed by atoms with Crippen LogP contribution in [0.25, 0.3) is 10.9 Å². The van der Waals surface area contributed by atoms with Gasteiger partial charge >= 0.3 is 0 Å². The average molecular weight is 540 g/mol. The minimum Gasteiger partial charge on any atom is -0.489 e. The van der Waals surface area contributed by atoms with Crippen molar-refractivity contribution >= 4 is 26.6 Å². The first-order valence-electron chi connectivity index (χ1n) is 12.8. The molecule has 2 aromatic carbocycles. The van der Waals surface area contributed by atoms with Gasteiger partial charge in [-0.1, -0.05) is 39.0 Å². The second-order valence-corrected chi connectivity index (χ2v) is 13.7. The topological polar surface area (TPSA) is 109 Å². The number of hydroxylamine groups is 1. The summed E-state index contributed by atoms with van der Waals surface area (Å²) in [4.78, 5) is 19.1.